The molecule has 0 spiro atoms. The van der Waals surface area contributed by atoms with Crippen LogP contribution in [0, 0.1) is 20.2 Å². The van der Waals surface area contributed by atoms with E-state index in [1.807, 2.05) is 0 Å². The van der Waals surface area contributed by atoms with Gasteiger partial charge in [-0.2, -0.15) is 0 Å². The number of hydrogen-bond acceptors (Lipinski definition) is 7. The molecule has 2 aromatic carbocycles. The predicted octanol–water partition coefficient (Wildman–Crippen LogP) is 3.08. The van der Waals surface area contributed by atoms with Crippen LogP contribution in [0.1, 0.15) is 10.4 Å². The first-order valence-electron chi connectivity index (χ1n) is 6.22. The summed E-state index contributed by atoms with van der Waals surface area (Å²) in [5.41, 5.74) is -1.72. The molecule has 0 aromatic heterocycles. The summed E-state index contributed by atoms with van der Waals surface area (Å²) in [6.07, 6.45) is 0. The number of carbonyl (C=O) groups is 1. The van der Waals surface area contributed by atoms with Crippen LogP contribution < -0.4 is 4.74 Å². The molecule has 0 aliphatic carbocycles. The lowest BCUT2D eigenvalue weighted by molar-refractivity contribution is -0.394. The zero-order valence-electron chi connectivity index (χ0n) is 11.8. The van der Waals surface area contributed by atoms with Crippen LogP contribution in [0.2, 0.25) is 0 Å². The fourth-order valence-electron chi connectivity index (χ4n) is 1.81. The minimum Gasteiger partial charge on any atom is -0.465 e. The van der Waals surface area contributed by atoms with E-state index in [4.69, 9.17) is 4.74 Å². The molecule has 2 rings (SSSR count). The number of ether oxygens (including phenoxy) is 2. The number of esters is 1. The Morgan fingerprint density at radius 1 is 1.04 bits per heavy atom. The molecule has 0 unspecified atom stereocenters. The predicted molar refractivity (Wildman–Crippen MR) is 77.6 cm³/mol. The van der Waals surface area contributed by atoms with Crippen molar-refractivity contribution in [2.24, 2.45) is 0 Å². The maximum atomic E-state index is 11.8. The van der Waals surface area contributed by atoms with Crippen molar-refractivity contribution in [2.75, 3.05) is 7.11 Å². The van der Waals surface area contributed by atoms with Crippen molar-refractivity contribution in [1.82, 2.24) is 0 Å². The molecule has 0 fully saturated rings. The summed E-state index contributed by atoms with van der Waals surface area (Å²) in [7, 11) is 1.05. The minimum absolute atomic E-state index is 0.231. The third-order valence-electron chi connectivity index (χ3n) is 2.83. The van der Waals surface area contributed by atoms with Crippen molar-refractivity contribution in [1.29, 1.82) is 0 Å². The Labute approximate surface area is 129 Å². The topological polar surface area (TPSA) is 122 Å². The van der Waals surface area contributed by atoms with Crippen LogP contribution in [0.5, 0.6) is 11.5 Å². The van der Waals surface area contributed by atoms with E-state index < -0.39 is 38.5 Å². The van der Waals surface area contributed by atoms with Gasteiger partial charge in [-0.3, -0.25) is 20.2 Å². The minimum atomic E-state index is -0.984. The maximum absolute atomic E-state index is 11.8. The number of benzene rings is 2. The number of nitro benzene ring substituents is 2. The Hall–Kier alpha value is -3.49. The van der Waals surface area contributed by atoms with E-state index in [-0.39, 0.29) is 5.75 Å². The Bertz CT molecular complexity index is 774. The van der Waals surface area contributed by atoms with Crippen LogP contribution in [-0.2, 0) is 4.74 Å². The zero-order valence-corrected chi connectivity index (χ0v) is 11.8. The van der Waals surface area contributed by atoms with Crippen molar-refractivity contribution < 1.29 is 24.1 Å². The standard InChI is InChI=1S/C14H10N2O7/c1-22-14(17)11-7-9(15(18)19)8-12(16(20)21)13(11)23-10-5-3-2-4-6-10/h2-8H,1H3. The van der Waals surface area contributed by atoms with Crippen LogP contribution in [0.4, 0.5) is 11.4 Å². The van der Waals surface area contributed by atoms with E-state index in [1.165, 1.54) is 12.1 Å². The van der Waals surface area contributed by atoms with Gasteiger partial charge in [0.1, 0.15) is 11.3 Å². The van der Waals surface area contributed by atoms with Gasteiger partial charge in [0.15, 0.2) is 0 Å². The van der Waals surface area contributed by atoms with E-state index in [0.717, 1.165) is 19.2 Å². The van der Waals surface area contributed by atoms with Gasteiger partial charge in [0.2, 0.25) is 5.75 Å². The van der Waals surface area contributed by atoms with E-state index in [9.17, 15) is 25.0 Å². The summed E-state index contributed by atoms with van der Waals surface area (Å²) < 4.78 is 9.91. The summed E-state index contributed by atoms with van der Waals surface area (Å²) in [5, 5.41) is 22.1. The fourth-order valence-corrected chi connectivity index (χ4v) is 1.81. The highest BCUT2D eigenvalue weighted by atomic mass is 16.6. The lowest BCUT2D eigenvalue weighted by Crippen LogP contribution is -2.07. The molecular formula is C14H10N2O7. The molecule has 9 heteroatoms. The van der Waals surface area contributed by atoms with Crippen molar-refractivity contribution in [2.45, 2.75) is 0 Å². The third-order valence-corrected chi connectivity index (χ3v) is 2.83. The normalized spacial score (nSPS) is 9.96. The van der Waals surface area contributed by atoms with Crippen molar-refractivity contribution in [3.8, 4) is 11.5 Å². The third kappa shape index (κ3) is 3.40. The summed E-state index contributed by atoms with van der Waals surface area (Å²) in [5.74, 6) is -1.17. The van der Waals surface area contributed by atoms with E-state index in [1.54, 1.807) is 18.2 Å². The van der Waals surface area contributed by atoms with Gasteiger partial charge in [0.05, 0.1) is 23.0 Å². The first kappa shape index (κ1) is 15.9. The monoisotopic (exact) mass is 318 g/mol. The second kappa shape index (κ2) is 6.52. The molecule has 0 saturated carbocycles. The summed E-state index contributed by atoms with van der Waals surface area (Å²) in [4.78, 5) is 32.2. The molecule has 2 aromatic rings. The molecule has 118 valence electrons. The lowest BCUT2D eigenvalue weighted by Gasteiger charge is -2.10. The van der Waals surface area contributed by atoms with Gasteiger partial charge < -0.3 is 9.47 Å². The quantitative estimate of drug-likeness (QED) is 0.471. The van der Waals surface area contributed by atoms with Gasteiger partial charge in [0.25, 0.3) is 5.69 Å². The van der Waals surface area contributed by atoms with Gasteiger partial charge in [0, 0.05) is 6.07 Å². The van der Waals surface area contributed by atoms with Crippen molar-refractivity contribution in [3.05, 3.63) is 68.3 Å². The Kier molecular flexibility index (Phi) is 4.50. The average Bonchev–Trinajstić information content (AvgIpc) is 2.54. The number of hydrogen-bond donors (Lipinski definition) is 0. The number of non-ortho nitro benzene ring substituents is 1. The van der Waals surface area contributed by atoms with Gasteiger partial charge in [-0.15, -0.1) is 0 Å². The van der Waals surface area contributed by atoms with E-state index >= 15 is 0 Å². The molecular weight excluding hydrogens is 308 g/mol. The number of rotatable bonds is 5. The number of methoxy groups -OCH3 is 1. The van der Waals surface area contributed by atoms with E-state index in [0.29, 0.717) is 0 Å². The second-order valence-corrected chi connectivity index (χ2v) is 4.26. The van der Waals surface area contributed by atoms with Gasteiger partial charge >= 0.3 is 11.7 Å². The molecule has 23 heavy (non-hydrogen) atoms. The smallest absolute Gasteiger partial charge is 0.342 e. The van der Waals surface area contributed by atoms with Gasteiger partial charge in [-0.25, -0.2) is 4.79 Å². The molecule has 0 saturated heterocycles. The number of carbonyl (C=O) groups excluding carboxylic acids is 1. The number of nitro groups is 2. The van der Waals surface area contributed by atoms with Gasteiger partial charge in [-0.1, -0.05) is 18.2 Å². The van der Waals surface area contributed by atoms with E-state index in [2.05, 4.69) is 4.74 Å². The largest absolute Gasteiger partial charge is 0.465 e. The number of nitrogens with zero attached hydrogens (tertiary/aromatic N) is 2. The molecule has 0 amide bonds. The molecule has 0 N–H and O–H groups in total. The van der Waals surface area contributed by atoms with Crippen molar-refractivity contribution >= 4 is 17.3 Å². The van der Waals surface area contributed by atoms with Crippen molar-refractivity contribution in [3.63, 3.8) is 0 Å². The molecule has 0 aliphatic heterocycles. The summed E-state index contributed by atoms with van der Waals surface area (Å²) in [6.45, 7) is 0. The second-order valence-electron chi connectivity index (χ2n) is 4.26. The molecule has 0 radical (unpaired) electrons. The fraction of sp³-hybridized carbons (Fsp3) is 0.0714. The zero-order chi connectivity index (χ0) is 17.0. The lowest BCUT2D eigenvalue weighted by atomic mass is 10.1. The summed E-state index contributed by atoms with van der Waals surface area (Å²) in [6, 6.07) is 9.60. The van der Waals surface area contributed by atoms with Crippen LogP contribution >= 0.6 is 0 Å². The molecule has 0 bridgehead atoms. The molecule has 0 heterocycles. The van der Waals surface area contributed by atoms with Crippen LogP contribution in [-0.4, -0.2) is 22.9 Å². The Balaban J connectivity index is 2.67. The maximum Gasteiger partial charge on any atom is 0.342 e. The molecule has 9 nitrogen and oxygen atoms in total. The Morgan fingerprint density at radius 3 is 2.22 bits per heavy atom. The highest BCUT2D eigenvalue weighted by Gasteiger charge is 2.29. The van der Waals surface area contributed by atoms with Crippen LogP contribution in [0.15, 0.2) is 42.5 Å². The summed E-state index contributed by atoms with van der Waals surface area (Å²) >= 11 is 0. The Morgan fingerprint density at radius 2 is 1.70 bits per heavy atom. The highest BCUT2D eigenvalue weighted by molar-refractivity contribution is 5.95. The first-order valence-corrected chi connectivity index (χ1v) is 6.22. The number of para-hydroxylation sites is 1. The molecule has 0 aliphatic rings. The van der Waals surface area contributed by atoms with Crippen LogP contribution in [0.25, 0.3) is 0 Å². The van der Waals surface area contributed by atoms with Gasteiger partial charge in [-0.05, 0) is 12.1 Å². The average molecular weight is 318 g/mol. The van der Waals surface area contributed by atoms with Crippen LogP contribution in [0.3, 0.4) is 0 Å². The SMILES string of the molecule is COC(=O)c1cc([N+](=O)[O-])cc([N+](=O)[O-])c1Oc1ccccc1. The first-order chi connectivity index (χ1) is 10.9. The highest BCUT2D eigenvalue weighted by Crippen LogP contribution is 2.38. The molecule has 0 atom stereocenters.